The third-order valence-electron chi connectivity index (χ3n) is 3.34. The van der Waals surface area contributed by atoms with Gasteiger partial charge in [-0.05, 0) is 24.6 Å². The van der Waals surface area contributed by atoms with Crippen LogP contribution in [0.4, 0.5) is 4.39 Å². The molecule has 0 aromatic heterocycles. The first-order valence-corrected chi connectivity index (χ1v) is 6.71. The smallest absolute Gasteiger partial charge is 0.165 e. The van der Waals surface area contributed by atoms with Gasteiger partial charge in [0.15, 0.2) is 11.6 Å². The van der Waals surface area contributed by atoms with Crippen LogP contribution in [0.1, 0.15) is 12.5 Å². The van der Waals surface area contributed by atoms with Gasteiger partial charge in [-0.2, -0.15) is 0 Å². The molecular weight excluding hydrogens is 283 g/mol. The molecule has 0 saturated carbocycles. The number of β-amino-alcohol motifs (C(OH)–C–C–N with tert-alkyl or cyclic N) is 1. The Morgan fingerprint density at radius 1 is 1.45 bits per heavy atom. The summed E-state index contributed by atoms with van der Waals surface area (Å²) < 4.78 is 18.8. The number of hydrogen-bond donors (Lipinski definition) is 3. The van der Waals surface area contributed by atoms with Crippen LogP contribution in [0.15, 0.2) is 18.2 Å². The minimum absolute atomic E-state index is 0. The number of nitrogens with one attached hydrogen (secondary N) is 2. The van der Waals surface area contributed by atoms with Crippen LogP contribution < -0.4 is 15.4 Å². The number of halogens is 2. The molecule has 1 aliphatic rings. The van der Waals surface area contributed by atoms with Crippen molar-refractivity contribution >= 4 is 12.4 Å². The Morgan fingerprint density at radius 2 is 2.25 bits per heavy atom. The monoisotopic (exact) mass is 304 g/mol. The number of aliphatic hydroxyl groups excluding tert-OH is 1. The number of rotatable bonds is 6. The maximum atomic E-state index is 13.6. The van der Waals surface area contributed by atoms with E-state index >= 15 is 0 Å². The summed E-state index contributed by atoms with van der Waals surface area (Å²) in [5, 5.41) is 16.0. The molecule has 0 spiro atoms. The Kier molecular flexibility index (Phi) is 7.23. The van der Waals surface area contributed by atoms with Crippen molar-refractivity contribution in [3.05, 3.63) is 29.6 Å². The van der Waals surface area contributed by atoms with Crippen LogP contribution in [-0.4, -0.2) is 37.5 Å². The molecule has 0 aliphatic carbocycles. The third kappa shape index (κ3) is 4.59. The normalized spacial score (nSPS) is 21.6. The van der Waals surface area contributed by atoms with E-state index in [1.165, 1.54) is 6.07 Å². The fourth-order valence-electron chi connectivity index (χ4n) is 2.26. The van der Waals surface area contributed by atoms with Crippen molar-refractivity contribution in [2.75, 3.05) is 26.2 Å². The van der Waals surface area contributed by atoms with Gasteiger partial charge in [-0.1, -0.05) is 6.07 Å². The SMILES string of the molecule is CCOc1ccc(CNCC2CNCC2O)cc1F.Cl. The third-order valence-corrected chi connectivity index (χ3v) is 3.34. The number of ether oxygens (including phenoxy) is 1. The van der Waals surface area contributed by atoms with E-state index < -0.39 is 0 Å². The standard InChI is InChI=1S/C14H21FN2O2.ClH/c1-2-19-14-4-3-10(5-12(14)15)6-16-7-11-8-17-9-13(11)18;/h3-5,11,13,16-18H,2,6-9H2,1H3;1H. The van der Waals surface area contributed by atoms with Gasteiger partial charge in [-0.25, -0.2) is 4.39 Å². The van der Waals surface area contributed by atoms with Crippen LogP contribution in [0.25, 0.3) is 0 Å². The Labute approximate surface area is 125 Å². The fourth-order valence-corrected chi connectivity index (χ4v) is 2.26. The fraction of sp³-hybridized carbons (Fsp3) is 0.571. The minimum atomic E-state index is -0.330. The van der Waals surface area contributed by atoms with Crippen LogP contribution >= 0.6 is 12.4 Å². The number of hydrogen-bond acceptors (Lipinski definition) is 4. The van der Waals surface area contributed by atoms with E-state index in [2.05, 4.69) is 10.6 Å². The molecule has 1 heterocycles. The highest BCUT2D eigenvalue weighted by atomic mass is 35.5. The van der Waals surface area contributed by atoms with E-state index in [9.17, 15) is 9.50 Å². The van der Waals surface area contributed by atoms with Crippen molar-refractivity contribution in [1.82, 2.24) is 10.6 Å². The second-order valence-corrected chi connectivity index (χ2v) is 4.81. The molecule has 1 aliphatic heterocycles. The topological polar surface area (TPSA) is 53.5 Å². The summed E-state index contributed by atoms with van der Waals surface area (Å²) in [6.07, 6.45) is -0.287. The molecule has 4 nitrogen and oxygen atoms in total. The van der Waals surface area contributed by atoms with Crippen LogP contribution in [-0.2, 0) is 6.54 Å². The van der Waals surface area contributed by atoms with E-state index in [4.69, 9.17) is 4.74 Å². The predicted molar refractivity (Wildman–Crippen MR) is 78.9 cm³/mol. The Balaban J connectivity index is 0.00000200. The summed E-state index contributed by atoms with van der Waals surface area (Å²) in [6, 6.07) is 4.99. The van der Waals surface area contributed by atoms with Crippen molar-refractivity contribution in [1.29, 1.82) is 0 Å². The van der Waals surface area contributed by atoms with E-state index in [0.29, 0.717) is 25.4 Å². The molecular formula is C14H22ClFN2O2. The van der Waals surface area contributed by atoms with E-state index in [1.807, 2.05) is 13.0 Å². The molecule has 6 heteroatoms. The molecule has 1 aromatic carbocycles. The maximum absolute atomic E-state index is 13.6. The van der Waals surface area contributed by atoms with Gasteiger partial charge in [0.25, 0.3) is 0 Å². The summed E-state index contributed by atoms with van der Waals surface area (Å²) in [5.74, 6) is 0.193. The van der Waals surface area contributed by atoms with Gasteiger partial charge < -0.3 is 20.5 Å². The molecule has 2 atom stereocenters. The lowest BCUT2D eigenvalue weighted by Gasteiger charge is -2.14. The van der Waals surface area contributed by atoms with Crippen LogP contribution in [0.5, 0.6) is 5.75 Å². The molecule has 3 N–H and O–H groups in total. The maximum Gasteiger partial charge on any atom is 0.165 e. The first kappa shape index (κ1) is 17.2. The van der Waals surface area contributed by atoms with Gasteiger partial charge in [0.2, 0.25) is 0 Å². The van der Waals surface area contributed by atoms with E-state index in [-0.39, 0.29) is 30.2 Å². The summed E-state index contributed by atoms with van der Waals surface area (Å²) in [5.41, 5.74) is 0.876. The number of aliphatic hydroxyl groups is 1. The molecule has 1 fully saturated rings. The first-order chi connectivity index (χ1) is 9.20. The Hall–Kier alpha value is -0.880. The van der Waals surface area contributed by atoms with Gasteiger partial charge >= 0.3 is 0 Å². The summed E-state index contributed by atoms with van der Waals surface area (Å²) in [4.78, 5) is 0. The lowest BCUT2D eigenvalue weighted by Crippen LogP contribution is -2.30. The quantitative estimate of drug-likeness (QED) is 0.742. The Bertz CT molecular complexity index is 420. The largest absolute Gasteiger partial charge is 0.491 e. The number of benzene rings is 1. The summed E-state index contributed by atoms with van der Waals surface area (Å²) >= 11 is 0. The summed E-state index contributed by atoms with van der Waals surface area (Å²) in [7, 11) is 0. The van der Waals surface area contributed by atoms with Crippen LogP contribution in [0, 0.1) is 11.7 Å². The molecule has 2 unspecified atom stereocenters. The van der Waals surface area contributed by atoms with Crippen LogP contribution in [0.3, 0.4) is 0 Å². The summed E-state index contributed by atoms with van der Waals surface area (Å²) in [6.45, 7) is 5.09. The van der Waals surface area contributed by atoms with Gasteiger partial charge in [-0.3, -0.25) is 0 Å². The molecule has 1 saturated heterocycles. The highest BCUT2D eigenvalue weighted by molar-refractivity contribution is 5.85. The Morgan fingerprint density at radius 3 is 2.85 bits per heavy atom. The van der Waals surface area contributed by atoms with Crippen molar-refractivity contribution in [2.24, 2.45) is 5.92 Å². The molecule has 0 radical (unpaired) electrons. The average molecular weight is 305 g/mol. The zero-order chi connectivity index (χ0) is 13.7. The second-order valence-electron chi connectivity index (χ2n) is 4.81. The van der Waals surface area contributed by atoms with Gasteiger partial charge in [0.1, 0.15) is 0 Å². The molecule has 20 heavy (non-hydrogen) atoms. The van der Waals surface area contributed by atoms with Gasteiger partial charge in [0.05, 0.1) is 12.7 Å². The average Bonchev–Trinajstić information content (AvgIpc) is 2.79. The zero-order valence-electron chi connectivity index (χ0n) is 11.6. The minimum Gasteiger partial charge on any atom is -0.491 e. The molecule has 2 rings (SSSR count). The van der Waals surface area contributed by atoms with Gasteiger partial charge in [0, 0.05) is 32.1 Å². The highest BCUT2D eigenvalue weighted by Crippen LogP contribution is 2.18. The van der Waals surface area contributed by atoms with E-state index in [0.717, 1.165) is 18.7 Å². The highest BCUT2D eigenvalue weighted by Gasteiger charge is 2.23. The van der Waals surface area contributed by atoms with Gasteiger partial charge in [-0.15, -0.1) is 12.4 Å². The molecule has 0 amide bonds. The van der Waals surface area contributed by atoms with Crippen molar-refractivity contribution in [3.8, 4) is 5.75 Å². The van der Waals surface area contributed by atoms with Crippen molar-refractivity contribution in [3.63, 3.8) is 0 Å². The predicted octanol–water partition coefficient (Wildman–Crippen LogP) is 1.32. The first-order valence-electron chi connectivity index (χ1n) is 6.71. The molecule has 0 bridgehead atoms. The van der Waals surface area contributed by atoms with E-state index in [1.54, 1.807) is 6.07 Å². The van der Waals surface area contributed by atoms with Crippen molar-refractivity contribution in [2.45, 2.75) is 19.6 Å². The zero-order valence-corrected chi connectivity index (χ0v) is 12.4. The van der Waals surface area contributed by atoms with Crippen LogP contribution in [0.2, 0.25) is 0 Å². The second kappa shape index (κ2) is 8.42. The lowest BCUT2D eigenvalue weighted by molar-refractivity contribution is 0.146. The lowest BCUT2D eigenvalue weighted by atomic mass is 10.1. The molecule has 1 aromatic rings. The van der Waals surface area contributed by atoms with Crippen molar-refractivity contribution < 1.29 is 14.2 Å². The molecule has 114 valence electrons.